The van der Waals surface area contributed by atoms with E-state index in [9.17, 15) is 0 Å². The lowest BCUT2D eigenvalue weighted by molar-refractivity contribution is 0.245. The number of anilines is 8. The third-order valence-corrected chi connectivity index (χ3v) is 19.4. The molecule has 14 rings (SSSR count). The van der Waals surface area contributed by atoms with Gasteiger partial charge >= 0.3 is 0 Å². The van der Waals surface area contributed by atoms with E-state index in [0.717, 1.165) is 18.5 Å². The van der Waals surface area contributed by atoms with Crippen molar-refractivity contribution < 1.29 is 0 Å². The molecule has 0 aromatic heterocycles. The molecule has 0 saturated heterocycles. The zero-order valence-electron chi connectivity index (χ0n) is 49.7. The first-order valence-electron chi connectivity index (χ1n) is 29.8. The number of fused-ring (bicyclic) bond motifs is 9. The van der Waals surface area contributed by atoms with Crippen molar-refractivity contribution in [2.45, 2.75) is 116 Å². The van der Waals surface area contributed by atoms with Crippen LogP contribution >= 0.6 is 0 Å². The largest absolute Gasteiger partial charge is 0.330 e. The predicted molar refractivity (Wildman–Crippen MR) is 351 cm³/mol. The predicted octanol–water partition coefficient (Wildman–Crippen LogP) is 18.9. The third kappa shape index (κ3) is 7.91. The van der Waals surface area contributed by atoms with E-state index in [-0.39, 0.29) is 28.4 Å². The zero-order valence-corrected chi connectivity index (χ0v) is 49.7. The molecule has 0 amide bonds. The van der Waals surface area contributed by atoms with Crippen LogP contribution in [0.5, 0.6) is 0 Å². The molecule has 3 nitrogen and oxygen atoms in total. The van der Waals surface area contributed by atoms with Crippen molar-refractivity contribution in [3.05, 3.63) is 258 Å². The second-order valence-corrected chi connectivity index (χ2v) is 27.3. The van der Waals surface area contributed by atoms with Gasteiger partial charge in [-0.15, -0.1) is 0 Å². The van der Waals surface area contributed by atoms with Crippen LogP contribution in [-0.4, -0.2) is 6.71 Å². The Morgan fingerprint density at radius 2 is 0.817 bits per heavy atom. The maximum atomic E-state index is 2.78. The molecule has 10 aromatic carbocycles. The lowest BCUT2D eigenvalue weighted by Crippen LogP contribution is -2.61. The molecule has 0 radical (unpaired) electrons. The molecule has 3 heterocycles. The van der Waals surface area contributed by atoms with E-state index in [1.165, 1.54) is 123 Å². The van der Waals surface area contributed by atoms with Crippen LogP contribution in [0.1, 0.15) is 116 Å². The number of para-hydroxylation sites is 1. The van der Waals surface area contributed by atoms with Gasteiger partial charge in [0.25, 0.3) is 6.71 Å². The van der Waals surface area contributed by atoms with E-state index in [0.29, 0.717) is 0 Å². The van der Waals surface area contributed by atoms with Gasteiger partial charge in [0.1, 0.15) is 0 Å². The normalized spacial score (nSPS) is 17.8. The smallest absolute Gasteiger partial charge is 0.252 e. The van der Waals surface area contributed by atoms with Crippen molar-refractivity contribution in [1.29, 1.82) is 0 Å². The molecule has 2 atom stereocenters. The molecule has 0 N–H and O–H groups in total. The summed E-state index contributed by atoms with van der Waals surface area (Å²) in [4.78, 5) is 8.15. The highest BCUT2D eigenvalue weighted by Gasteiger charge is 2.60. The number of nitrogens with zero attached hydrogens (tertiary/aromatic N) is 3. The highest BCUT2D eigenvalue weighted by atomic mass is 15.3. The summed E-state index contributed by atoms with van der Waals surface area (Å²) in [6.07, 6.45) is 2.09. The monoisotopic (exact) mass is 1060 g/mol. The van der Waals surface area contributed by atoms with Gasteiger partial charge in [-0.2, -0.15) is 0 Å². The summed E-state index contributed by atoms with van der Waals surface area (Å²) in [5, 5.41) is 0. The summed E-state index contributed by atoms with van der Waals surface area (Å²) in [5.41, 5.74) is 28.0. The average Bonchev–Trinajstić information content (AvgIpc) is 3.55. The zero-order chi connectivity index (χ0) is 56.7. The van der Waals surface area contributed by atoms with Crippen LogP contribution in [0.2, 0.25) is 0 Å². The molecule has 0 fully saturated rings. The van der Waals surface area contributed by atoms with Crippen LogP contribution in [0.4, 0.5) is 45.5 Å². The van der Waals surface area contributed by atoms with E-state index in [2.05, 4.69) is 315 Å². The van der Waals surface area contributed by atoms with Crippen molar-refractivity contribution in [1.82, 2.24) is 0 Å². The Bertz CT molecular complexity index is 4160. The van der Waals surface area contributed by atoms with Gasteiger partial charge in [0.2, 0.25) is 0 Å². The second kappa shape index (κ2) is 18.6. The number of aryl methyl sites for hydroxylation is 1. The summed E-state index contributed by atoms with van der Waals surface area (Å²) < 4.78 is 0. The van der Waals surface area contributed by atoms with Gasteiger partial charge in [-0.3, -0.25) is 0 Å². The fourth-order valence-electron chi connectivity index (χ4n) is 14.7. The van der Waals surface area contributed by atoms with Gasteiger partial charge < -0.3 is 14.7 Å². The Morgan fingerprint density at radius 3 is 1.37 bits per heavy atom. The van der Waals surface area contributed by atoms with Crippen LogP contribution in [0.15, 0.2) is 224 Å². The quantitative estimate of drug-likeness (QED) is 0.154. The highest BCUT2D eigenvalue weighted by Crippen LogP contribution is 2.64. The third-order valence-electron chi connectivity index (χ3n) is 19.4. The standard InChI is InChI=1S/C78H74BN3/c1-74(2,3)56-37-41-66(60(46-56)52-27-17-13-18-28-52)80-69-45-55(51-25-15-12-16-26-51)35-39-64(69)79-65-40-36-58(76(7,8)9)48-70(65)81(67-42-38-57(75(4,5)6)47-61(67)53-29-19-14-20-30-53)72-50-59(49-71(80)73(72)79)82-68-34-24-23-33-63(68)77(10)44-43-54-31-21-22-32-62(54)78(77,82)11/h12-42,45-50H,43-44H2,1-11H3. The lowest BCUT2D eigenvalue weighted by atomic mass is 9.33. The molecule has 0 spiro atoms. The van der Waals surface area contributed by atoms with E-state index in [1.54, 1.807) is 0 Å². The molecule has 3 aliphatic heterocycles. The summed E-state index contributed by atoms with van der Waals surface area (Å²) in [6.45, 7) is 26.1. The van der Waals surface area contributed by atoms with Crippen LogP contribution in [0.25, 0.3) is 33.4 Å². The number of rotatable bonds is 6. The van der Waals surface area contributed by atoms with E-state index < -0.39 is 5.54 Å². The molecule has 0 saturated carbocycles. The van der Waals surface area contributed by atoms with E-state index in [1.807, 2.05) is 0 Å². The van der Waals surface area contributed by atoms with Crippen molar-refractivity contribution >= 4 is 68.6 Å². The number of benzene rings is 10. The van der Waals surface area contributed by atoms with Crippen LogP contribution in [0, 0.1) is 0 Å². The van der Waals surface area contributed by atoms with Gasteiger partial charge in [0.15, 0.2) is 0 Å². The molecule has 10 aromatic rings. The van der Waals surface area contributed by atoms with Crippen LogP contribution in [-0.2, 0) is 33.6 Å². The van der Waals surface area contributed by atoms with Gasteiger partial charge in [-0.1, -0.05) is 239 Å². The first-order valence-corrected chi connectivity index (χ1v) is 29.8. The minimum absolute atomic E-state index is 0.0746. The van der Waals surface area contributed by atoms with Crippen molar-refractivity contribution in [2.75, 3.05) is 14.7 Å². The second-order valence-electron chi connectivity index (χ2n) is 27.3. The minimum Gasteiger partial charge on any atom is -0.330 e. The molecule has 4 heteroatoms. The molecule has 2 unspecified atom stereocenters. The van der Waals surface area contributed by atoms with Crippen LogP contribution in [0.3, 0.4) is 0 Å². The average molecular weight is 1060 g/mol. The summed E-state index contributed by atoms with van der Waals surface area (Å²) in [6, 6.07) is 86.6. The molecule has 0 bridgehead atoms. The van der Waals surface area contributed by atoms with E-state index >= 15 is 0 Å². The van der Waals surface area contributed by atoms with Crippen molar-refractivity contribution in [3.8, 4) is 33.4 Å². The summed E-state index contributed by atoms with van der Waals surface area (Å²) >= 11 is 0. The molecular weight excluding hydrogens is 990 g/mol. The van der Waals surface area contributed by atoms with Gasteiger partial charge in [0.05, 0.1) is 16.9 Å². The number of hydrogen-bond donors (Lipinski definition) is 0. The Hall–Kier alpha value is -8.34. The van der Waals surface area contributed by atoms with Crippen LogP contribution < -0.4 is 31.1 Å². The molecule has 82 heavy (non-hydrogen) atoms. The Morgan fingerprint density at radius 1 is 0.366 bits per heavy atom. The van der Waals surface area contributed by atoms with E-state index in [4.69, 9.17) is 0 Å². The molecule has 1 aliphatic carbocycles. The van der Waals surface area contributed by atoms with Gasteiger partial charge in [0, 0.05) is 50.7 Å². The Kier molecular flexibility index (Phi) is 11.7. The van der Waals surface area contributed by atoms with Crippen molar-refractivity contribution in [3.63, 3.8) is 0 Å². The first kappa shape index (κ1) is 51.8. The molecule has 4 aliphatic rings. The maximum Gasteiger partial charge on any atom is 0.252 e. The Balaban J connectivity index is 1.17. The topological polar surface area (TPSA) is 9.72 Å². The molecule has 404 valence electrons. The minimum atomic E-state index is -0.437. The van der Waals surface area contributed by atoms with Gasteiger partial charge in [-0.05, 0) is 163 Å². The maximum absolute atomic E-state index is 2.78. The lowest BCUT2D eigenvalue weighted by Gasteiger charge is -2.52. The fraction of sp³-hybridized carbons (Fsp3) is 0.231. The van der Waals surface area contributed by atoms with Gasteiger partial charge in [-0.25, -0.2) is 0 Å². The number of hydrogen-bond acceptors (Lipinski definition) is 3. The highest BCUT2D eigenvalue weighted by molar-refractivity contribution is 7.00. The summed E-state index contributed by atoms with van der Waals surface area (Å²) in [7, 11) is 0. The first-order chi connectivity index (χ1) is 39.3. The Labute approximate surface area is 488 Å². The molecular formula is C78H74BN3. The SMILES string of the molecule is CC(C)(C)c1ccc(N2c3cc(-c4ccccc4)ccc3B3c4ccc(C(C)(C)C)cc4N(c4ccc(C(C)(C)C)cc4-c4ccccc4)c4cc(N5c6ccccc6C6(C)CCc7ccccc7C56C)cc2c43)c(-c2ccccc2)c1. The van der Waals surface area contributed by atoms with Crippen molar-refractivity contribution in [2.24, 2.45) is 0 Å². The summed E-state index contributed by atoms with van der Waals surface area (Å²) in [5.74, 6) is 0. The fourth-order valence-corrected chi connectivity index (χ4v) is 14.7.